The Labute approximate surface area is 150 Å². The Balaban J connectivity index is 1.66. The molecule has 25 heavy (non-hydrogen) atoms. The highest BCUT2D eigenvalue weighted by Crippen LogP contribution is 2.25. The molecular weight excluding hydrogens is 336 g/mol. The zero-order valence-electron chi connectivity index (χ0n) is 14.4. The molecule has 0 aliphatic carbocycles. The molecule has 0 bridgehead atoms. The average molecular weight is 356 g/mol. The number of rotatable bonds is 6. The molecule has 0 aliphatic heterocycles. The van der Waals surface area contributed by atoms with Crippen LogP contribution in [0.4, 0.5) is 0 Å². The van der Waals surface area contributed by atoms with Crippen LogP contribution in [0.15, 0.2) is 46.3 Å². The average Bonchev–Trinajstić information content (AvgIpc) is 3.32. The van der Waals surface area contributed by atoms with Crippen molar-refractivity contribution in [3.05, 3.63) is 58.8 Å². The van der Waals surface area contributed by atoms with E-state index in [0.717, 1.165) is 10.4 Å². The van der Waals surface area contributed by atoms with Crippen molar-refractivity contribution in [2.24, 2.45) is 0 Å². The molecule has 0 saturated carbocycles. The number of nitrogens with one attached hydrogen (secondary N) is 1. The zero-order valence-corrected chi connectivity index (χ0v) is 15.2. The van der Waals surface area contributed by atoms with Crippen molar-refractivity contribution in [1.82, 2.24) is 20.4 Å². The summed E-state index contributed by atoms with van der Waals surface area (Å²) in [5.74, 6) is 1.13. The van der Waals surface area contributed by atoms with Gasteiger partial charge in [0, 0.05) is 19.2 Å². The van der Waals surface area contributed by atoms with E-state index < -0.39 is 0 Å². The van der Waals surface area contributed by atoms with Gasteiger partial charge in [0.2, 0.25) is 11.7 Å². The molecular formula is C18H20N4O2S. The molecule has 0 radical (unpaired) electrons. The molecule has 1 aromatic carbocycles. The molecule has 1 unspecified atom stereocenters. The van der Waals surface area contributed by atoms with E-state index in [1.807, 2.05) is 55.7 Å². The second-order valence-corrected chi connectivity index (χ2v) is 6.75. The fraction of sp³-hybridized carbons (Fsp3) is 0.278. The summed E-state index contributed by atoms with van der Waals surface area (Å²) in [5.41, 5.74) is 1.76. The van der Waals surface area contributed by atoms with E-state index >= 15 is 0 Å². The first-order chi connectivity index (χ1) is 12.1. The molecule has 3 rings (SSSR count). The minimum atomic E-state index is -0.0831. The molecule has 2 aromatic heterocycles. The summed E-state index contributed by atoms with van der Waals surface area (Å²) in [7, 11) is 3.63. The molecule has 2 heterocycles. The molecule has 7 heteroatoms. The summed E-state index contributed by atoms with van der Waals surface area (Å²) in [6.45, 7) is 2.75. The van der Waals surface area contributed by atoms with Crippen LogP contribution in [0.1, 0.15) is 34.8 Å². The molecule has 130 valence electrons. The largest absolute Gasteiger partial charge is 0.355 e. The van der Waals surface area contributed by atoms with Crippen LogP contribution in [0.2, 0.25) is 0 Å². The summed E-state index contributed by atoms with van der Waals surface area (Å²) < 4.78 is 5.43. The summed E-state index contributed by atoms with van der Waals surface area (Å²) in [6, 6.07) is 11.5. The van der Waals surface area contributed by atoms with Gasteiger partial charge in [-0.1, -0.05) is 23.4 Å². The van der Waals surface area contributed by atoms with Gasteiger partial charge in [0.1, 0.15) is 0 Å². The fourth-order valence-corrected chi connectivity index (χ4v) is 3.08. The number of amides is 1. The standard InChI is InChI=1S/C18H20N4O2S/c1-12(18-20-16(21-24-18)15-5-4-10-25-15)22(3)11-13-6-8-14(9-7-13)17(23)19-2/h4-10,12H,11H2,1-3H3,(H,19,23). The van der Waals surface area contributed by atoms with Gasteiger partial charge in [-0.2, -0.15) is 4.98 Å². The van der Waals surface area contributed by atoms with Crippen LogP contribution in [0.3, 0.4) is 0 Å². The van der Waals surface area contributed by atoms with Crippen LogP contribution >= 0.6 is 11.3 Å². The molecule has 1 amide bonds. The minimum Gasteiger partial charge on any atom is -0.355 e. The first-order valence-corrected chi connectivity index (χ1v) is 8.85. The van der Waals surface area contributed by atoms with Gasteiger partial charge in [-0.15, -0.1) is 11.3 Å². The van der Waals surface area contributed by atoms with Crippen molar-refractivity contribution in [2.75, 3.05) is 14.1 Å². The Morgan fingerprint density at radius 1 is 1.32 bits per heavy atom. The monoisotopic (exact) mass is 356 g/mol. The summed E-state index contributed by atoms with van der Waals surface area (Å²) >= 11 is 1.59. The number of carbonyl (C=O) groups excluding carboxylic acids is 1. The summed E-state index contributed by atoms with van der Waals surface area (Å²) in [5, 5.41) is 8.67. The Hall–Kier alpha value is -2.51. The van der Waals surface area contributed by atoms with E-state index in [0.29, 0.717) is 23.8 Å². The molecule has 3 aromatic rings. The number of carbonyl (C=O) groups is 1. The topological polar surface area (TPSA) is 71.3 Å². The minimum absolute atomic E-state index is 0.0140. The molecule has 0 aliphatic rings. The SMILES string of the molecule is CNC(=O)c1ccc(CN(C)C(C)c2nc(-c3cccs3)no2)cc1. The molecule has 0 fully saturated rings. The molecule has 1 N–H and O–H groups in total. The van der Waals surface area contributed by atoms with Gasteiger partial charge >= 0.3 is 0 Å². The van der Waals surface area contributed by atoms with Gasteiger partial charge in [-0.05, 0) is 43.1 Å². The Bertz CT molecular complexity index is 827. The lowest BCUT2D eigenvalue weighted by atomic mass is 10.1. The maximum atomic E-state index is 11.6. The quantitative estimate of drug-likeness (QED) is 0.733. The second-order valence-electron chi connectivity index (χ2n) is 5.80. The second kappa shape index (κ2) is 7.58. The third-order valence-electron chi connectivity index (χ3n) is 4.08. The maximum Gasteiger partial charge on any atom is 0.251 e. The first-order valence-electron chi connectivity index (χ1n) is 7.97. The molecule has 0 saturated heterocycles. The van der Waals surface area contributed by atoms with Gasteiger partial charge in [0.25, 0.3) is 5.91 Å². The van der Waals surface area contributed by atoms with Crippen molar-refractivity contribution in [3.8, 4) is 10.7 Å². The molecule has 0 spiro atoms. The highest BCUT2D eigenvalue weighted by Gasteiger charge is 2.20. The predicted molar refractivity (Wildman–Crippen MR) is 97.3 cm³/mol. The van der Waals surface area contributed by atoms with Gasteiger partial charge in [-0.25, -0.2) is 0 Å². The Morgan fingerprint density at radius 2 is 2.08 bits per heavy atom. The van der Waals surface area contributed by atoms with E-state index in [-0.39, 0.29) is 11.9 Å². The van der Waals surface area contributed by atoms with Crippen molar-refractivity contribution in [2.45, 2.75) is 19.5 Å². The molecule has 6 nitrogen and oxygen atoms in total. The number of nitrogens with zero attached hydrogens (tertiary/aromatic N) is 3. The van der Waals surface area contributed by atoms with Gasteiger partial charge in [0.05, 0.1) is 10.9 Å². The third kappa shape index (κ3) is 3.94. The number of benzene rings is 1. The molecule has 1 atom stereocenters. The summed E-state index contributed by atoms with van der Waals surface area (Å²) in [6.07, 6.45) is 0. The number of aromatic nitrogens is 2. The highest BCUT2D eigenvalue weighted by atomic mass is 32.1. The van der Waals surface area contributed by atoms with E-state index in [9.17, 15) is 4.79 Å². The zero-order chi connectivity index (χ0) is 17.8. The smallest absolute Gasteiger partial charge is 0.251 e. The lowest BCUT2D eigenvalue weighted by Gasteiger charge is -2.21. The lowest BCUT2D eigenvalue weighted by molar-refractivity contribution is 0.0963. The van der Waals surface area contributed by atoms with Crippen molar-refractivity contribution in [1.29, 1.82) is 0 Å². The van der Waals surface area contributed by atoms with E-state index in [4.69, 9.17) is 4.52 Å². The van der Waals surface area contributed by atoms with Gasteiger partial charge in [-0.3, -0.25) is 9.69 Å². The Kier molecular flexibility index (Phi) is 5.25. The fourth-order valence-electron chi connectivity index (χ4n) is 2.43. The van der Waals surface area contributed by atoms with E-state index in [1.54, 1.807) is 18.4 Å². The number of thiophene rings is 1. The lowest BCUT2D eigenvalue weighted by Crippen LogP contribution is -2.22. The van der Waals surface area contributed by atoms with E-state index in [1.165, 1.54) is 0 Å². The van der Waals surface area contributed by atoms with Crippen LogP contribution in [-0.4, -0.2) is 35.0 Å². The number of hydrogen-bond acceptors (Lipinski definition) is 6. The number of hydrogen-bond donors (Lipinski definition) is 1. The van der Waals surface area contributed by atoms with Gasteiger partial charge in [0.15, 0.2) is 0 Å². The summed E-state index contributed by atoms with van der Waals surface area (Å²) in [4.78, 5) is 19.2. The van der Waals surface area contributed by atoms with Crippen molar-refractivity contribution < 1.29 is 9.32 Å². The third-order valence-corrected chi connectivity index (χ3v) is 4.94. The maximum absolute atomic E-state index is 11.6. The predicted octanol–water partition coefficient (Wildman–Crippen LogP) is 3.35. The van der Waals surface area contributed by atoms with Gasteiger partial charge < -0.3 is 9.84 Å². The van der Waals surface area contributed by atoms with E-state index in [2.05, 4.69) is 20.4 Å². The van der Waals surface area contributed by atoms with Crippen molar-refractivity contribution >= 4 is 17.2 Å². The van der Waals surface area contributed by atoms with Crippen molar-refractivity contribution in [3.63, 3.8) is 0 Å². The van der Waals surface area contributed by atoms with Crippen LogP contribution in [-0.2, 0) is 6.54 Å². The Morgan fingerprint density at radius 3 is 2.72 bits per heavy atom. The normalized spacial score (nSPS) is 12.3. The van der Waals surface area contributed by atoms with Crippen LogP contribution < -0.4 is 5.32 Å². The van der Waals surface area contributed by atoms with Crippen LogP contribution in [0, 0.1) is 0 Å². The highest BCUT2D eigenvalue weighted by molar-refractivity contribution is 7.13. The first kappa shape index (κ1) is 17.3. The van der Waals surface area contributed by atoms with Crippen LogP contribution in [0.5, 0.6) is 0 Å². The van der Waals surface area contributed by atoms with Crippen LogP contribution in [0.25, 0.3) is 10.7 Å².